The molecule has 0 unspecified atom stereocenters. The number of hydrogen-bond acceptors (Lipinski definition) is 2. The van der Waals surface area contributed by atoms with Gasteiger partial charge in [-0.05, 0) is 23.4 Å². The standard InChI is InChI=1S/C6H6ClN3S/c7-5-10-6(9)11-4-2-1-3-8/h1-2,5,9H,4H2/p+1/b2-1-. The van der Waals surface area contributed by atoms with Crippen molar-refractivity contribution >= 4 is 34.2 Å². The Hall–Kier alpha value is -0.880. The second kappa shape index (κ2) is 7.23. The van der Waals surface area contributed by atoms with Crippen molar-refractivity contribution in [2.45, 2.75) is 0 Å². The van der Waals surface area contributed by atoms with Crippen molar-refractivity contribution in [3.8, 4) is 6.07 Å². The first kappa shape index (κ1) is 10.1. The fourth-order valence-electron chi connectivity index (χ4n) is 0.320. The maximum Gasteiger partial charge on any atom is 0.403 e. The molecule has 0 bridgehead atoms. The Kier molecular flexibility index (Phi) is 6.65. The third-order valence-corrected chi connectivity index (χ3v) is 1.55. The van der Waals surface area contributed by atoms with E-state index in [1.54, 1.807) is 6.08 Å². The Balaban J connectivity index is 3.65. The van der Waals surface area contributed by atoms with E-state index in [0.29, 0.717) is 10.9 Å². The lowest BCUT2D eigenvalue weighted by Gasteiger charge is -1.80. The van der Waals surface area contributed by atoms with Crippen LogP contribution in [0.2, 0.25) is 0 Å². The zero-order valence-corrected chi connectivity index (χ0v) is 7.27. The van der Waals surface area contributed by atoms with Crippen LogP contribution in [0.25, 0.3) is 0 Å². The molecule has 0 radical (unpaired) electrons. The lowest BCUT2D eigenvalue weighted by molar-refractivity contribution is 1.53. The van der Waals surface area contributed by atoms with Crippen LogP contribution in [0.4, 0.5) is 0 Å². The van der Waals surface area contributed by atoms with Gasteiger partial charge < -0.3 is 0 Å². The number of thioether (sulfide) groups is 1. The average Bonchev–Trinajstić information content (AvgIpc) is 1.99. The topological polar surface area (TPSA) is 63.9 Å². The normalized spacial score (nSPS) is 8.73. The summed E-state index contributed by atoms with van der Waals surface area (Å²) in [4.78, 5) is 0. The molecule has 58 valence electrons. The van der Waals surface area contributed by atoms with Gasteiger partial charge in [0.2, 0.25) is 0 Å². The highest BCUT2D eigenvalue weighted by atomic mass is 35.5. The van der Waals surface area contributed by atoms with Crippen LogP contribution in [0, 0.1) is 11.3 Å². The minimum Gasteiger partial charge on any atom is -0.267 e. The van der Waals surface area contributed by atoms with Crippen molar-refractivity contribution in [2.24, 2.45) is 5.73 Å². The van der Waals surface area contributed by atoms with Gasteiger partial charge in [0.1, 0.15) is 0 Å². The second-order valence-electron chi connectivity index (χ2n) is 1.41. The Morgan fingerprint density at radius 1 is 1.82 bits per heavy atom. The highest BCUT2D eigenvalue weighted by Crippen LogP contribution is 1.95. The van der Waals surface area contributed by atoms with Gasteiger partial charge in [-0.25, -0.2) is 0 Å². The van der Waals surface area contributed by atoms with Crippen LogP contribution in [0.15, 0.2) is 12.2 Å². The lowest BCUT2D eigenvalue weighted by atomic mass is 10.6. The van der Waals surface area contributed by atoms with E-state index in [-0.39, 0.29) is 0 Å². The number of hydrogen-bond donors (Lipinski definition) is 1. The number of halogens is 1. The van der Waals surface area contributed by atoms with Gasteiger partial charge in [0.05, 0.1) is 6.07 Å². The zero-order chi connectivity index (χ0) is 8.53. The van der Waals surface area contributed by atoms with Crippen LogP contribution in [-0.4, -0.2) is 16.6 Å². The molecule has 0 aromatic rings. The van der Waals surface area contributed by atoms with Crippen LogP contribution >= 0.6 is 23.4 Å². The Morgan fingerprint density at radius 2 is 2.55 bits per heavy atom. The van der Waals surface area contributed by atoms with Crippen LogP contribution in [0.3, 0.4) is 0 Å². The molecule has 0 saturated heterocycles. The molecular weight excluding hydrogens is 182 g/mol. The molecule has 0 spiro atoms. The Labute approximate surface area is 74.3 Å². The maximum atomic E-state index is 8.10. The summed E-state index contributed by atoms with van der Waals surface area (Å²) in [6, 6.07) is 1.86. The molecule has 0 aromatic heterocycles. The third kappa shape index (κ3) is 7.01. The monoisotopic (exact) mass is 188 g/mol. The second-order valence-corrected chi connectivity index (χ2v) is 2.64. The fraction of sp³-hybridized carbons (Fsp3) is 0.167. The van der Waals surface area contributed by atoms with E-state index in [9.17, 15) is 0 Å². The highest BCUT2D eigenvalue weighted by molar-refractivity contribution is 8.13. The van der Waals surface area contributed by atoms with Crippen LogP contribution in [-0.2, 0) is 0 Å². The molecule has 11 heavy (non-hydrogen) atoms. The van der Waals surface area contributed by atoms with Crippen molar-refractivity contribution in [3.05, 3.63) is 12.2 Å². The first-order valence-electron chi connectivity index (χ1n) is 2.74. The van der Waals surface area contributed by atoms with Crippen molar-refractivity contribution in [1.29, 1.82) is 5.26 Å². The molecule has 0 aliphatic heterocycles. The van der Waals surface area contributed by atoms with Gasteiger partial charge in [0.25, 0.3) is 5.67 Å². The van der Waals surface area contributed by atoms with Crippen molar-refractivity contribution in [3.63, 3.8) is 0 Å². The van der Waals surface area contributed by atoms with E-state index >= 15 is 0 Å². The molecule has 0 aliphatic carbocycles. The number of nitriles is 1. The summed E-state index contributed by atoms with van der Waals surface area (Å²) < 4.78 is 3.60. The highest BCUT2D eigenvalue weighted by Gasteiger charge is 1.96. The summed E-state index contributed by atoms with van der Waals surface area (Å²) in [7, 11) is 0. The lowest BCUT2D eigenvalue weighted by Crippen LogP contribution is -2.09. The quantitative estimate of drug-likeness (QED) is 0.296. The Bertz CT molecular complexity index is 235. The molecule has 0 aliphatic rings. The predicted octanol–water partition coefficient (Wildman–Crippen LogP) is 0.448. The molecule has 0 heterocycles. The largest absolute Gasteiger partial charge is 0.403 e. The molecule has 0 amide bonds. The van der Waals surface area contributed by atoms with Crippen molar-refractivity contribution in [2.75, 3.05) is 5.75 Å². The van der Waals surface area contributed by atoms with Crippen molar-refractivity contribution < 1.29 is 0 Å². The molecule has 5 heteroatoms. The van der Waals surface area contributed by atoms with E-state index in [4.69, 9.17) is 22.6 Å². The van der Waals surface area contributed by atoms with Crippen LogP contribution < -0.4 is 10.4 Å². The van der Waals surface area contributed by atoms with Gasteiger partial charge in [-0.3, -0.25) is 5.73 Å². The smallest absolute Gasteiger partial charge is 0.267 e. The predicted molar refractivity (Wildman–Crippen MR) is 50.5 cm³/mol. The molecule has 0 rings (SSSR count). The summed E-state index contributed by atoms with van der Waals surface area (Å²) in [5.41, 5.74) is 6.45. The molecular formula is C6H7ClN3S+. The van der Waals surface area contributed by atoms with E-state index in [0.717, 1.165) is 5.67 Å². The maximum absolute atomic E-state index is 8.10. The zero-order valence-electron chi connectivity index (χ0n) is 5.70. The number of nitrogens with two attached hydrogens (primary N) is 1. The van der Waals surface area contributed by atoms with E-state index in [2.05, 4.69) is 4.67 Å². The van der Waals surface area contributed by atoms with Gasteiger partial charge in [-0.1, -0.05) is 6.08 Å². The number of amidine groups is 1. The van der Waals surface area contributed by atoms with Crippen LogP contribution in [0.1, 0.15) is 0 Å². The molecule has 0 aromatic carbocycles. The summed E-state index contributed by atoms with van der Waals surface area (Å²) in [5, 5.41) is 8.49. The first-order valence-corrected chi connectivity index (χ1v) is 4.16. The molecule has 0 saturated carbocycles. The first-order chi connectivity index (χ1) is 5.31. The van der Waals surface area contributed by atoms with Crippen LogP contribution in [0.5, 0.6) is 0 Å². The fourth-order valence-corrected chi connectivity index (χ4v) is 0.973. The van der Waals surface area contributed by atoms with E-state index in [1.165, 1.54) is 17.8 Å². The summed E-state index contributed by atoms with van der Waals surface area (Å²) in [6.07, 6.45) is 3.09. The minimum absolute atomic E-state index is 0.391. The van der Waals surface area contributed by atoms with Gasteiger partial charge in [-0.15, -0.1) is 0 Å². The minimum atomic E-state index is 0.391. The number of allylic oxidation sites excluding steroid dienone is 1. The van der Waals surface area contributed by atoms with Gasteiger partial charge in [-0.2, -0.15) is 9.93 Å². The van der Waals surface area contributed by atoms with E-state index in [1.807, 2.05) is 6.07 Å². The third-order valence-electron chi connectivity index (χ3n) is 0.696. The summed E-state index contributed by atoms with van der Waals surface area (Å²) in [6.45, 7) is 0. The molecule has 0 fully saturated rings. The Morgan fingerprint density at radius 3 is 3.09 bits per heavy atom. The summed E-state index contributed by atoms with van der Waals surface area (Å²) in [5.74, 6) is 0.633. The average molecular weight is 189 g/mol. The number of nitrogens with zero attached hydrogens (tertiary/aromatic N) is 2. The van der Waals surface area contributed by atoms with Gasteiger partial charge in [0, 0.05) is 11.8 Å². The van der Waals surface area contributed by atoms with Crippen molar-refractivity contribution in [1.82, 2.24) is 4.67 Å². The molecule has 2 N–H and O–H groups in total. The van der Waals surface area contributed by atoms with Gasteiger partial charge in [0.15, 0.2) is 0 Å². The van der Waals surface area contributed by atoms with Gasteiger partial charge >= 0.3 is 5.17 Å². The molecule has 3 nitrogen and oxygen atoms in total. The number of rotatable bonds is 2. The van der Waals surface area contributed by atoms with E-state index < -0.39 is 0 Å². The summed E-state index contributed by atoms with van der Waals surface area (Å²) >= 11 is 6.48. The SMILES string of the molecule is N#C/C=C\CSC(N)=[N+]=CCl. The molecule has 0 atom stereocenters.